The van der Waals surface area contributed by atoms with Crippen molar-refractivity contribution in [3.63, 3.8) is 0 Å². The van der Waals surface area contributed by atoms with Gasteiger partial charge in [0, 0.05) is 28.6 Å². The topological polar surface area (TPSA) is 111 Å². The Morgan fingerprint density at radius 1 is 1.04 bits per heavy atom. The van der Waals surface area contributed by atoms with E-state index in [9.17, 15) is 19.7 Å². The third-order valence-corrected chi connectivity index (χ3v) is 3.43. The van der Waals surface area contributed by atoms with Crippen LogP contribution in [0.25, 0.3) is 0 Å². The van der Waals surface area contributed by atoms with Crippen molar-refractivity contribution in [3.05, 3.63) is 63.7 Å². The molecule has 0 aliphatic carbocycles. The molecule has 8 nitrogen and oxygen atoms in total. The number of hydrogen-bond donors (Lipinski definition) is 2. The number of benzene rings is 2. The number of amides is 2. The molecule has 0 saturated heterocycles. The maximum Gasteiger partial charge on any atom is 0.412 e. The van der Waals surface area contributed by atoms with Gasteiger partial charge in [-0.3, -0.25) is 20.2 Å². The molecule has 2 rings (SSSR count). The van der Waals surface area contributed by atoms with E-state index in [0.29, 0.717) is 16.9 Å². The summed E-state index contributed by atoms with van der Waals surface area (Å²) in [7, 11) is 0. The van der Waals surface area contributed by atoms with Crippen molar-refractivity contribution in [1.29, 1.82) is 0 Å². The summed E-state index contributed by atoms with van der Waals surface area (Å²) in [4.78, 5) is 34.8. The Hall–Kier alpha value is -3.42. The van der Waals surface area contributed by atoms with Crippen molar-refractivity contribution in [2.75, 3.05) is 10.6 Å². The van der Waals surface area contributed by atoms with E-state index in [1.807, 2.05) is 0 Å². The Morgan fingerprint density at radius 3 is 2.33 bits per heavy atom. The zero-order chi connectivity index (χ0) is 20.2. The molecule has 0 fully saturated rings. The van der Waals surface area contributed by atoms with Crippen LogP contribution in [-0.4, -0.2) is 22.5 Å². The van der Waals surface area contributed by atoms with Gasteiger partial charge < -0.3 is 10.1 Å². The van der Waals surface area contributed by atoms with Gasteiger partial charge in [-0.2, -0.15) is 0 Å². The van der Waals surface area contributed by atoms with E-state index in [0.717, 1.165) is 0 Å². The summed E-state index contributed by atoms with van der Waals surface area (Å²) in [6.07, 6.45) is -0.630. The Balaban J connectivity index is 2.12. The summed E-state index contributed by atoms with van der Waals surface area (Å²) in [6.45, 7) is 6.86. The third kappa shape index (κ3) is 5.81. The normalized spacial score (nSPS) is 10.8. The third-order valence-electron chi connectivity index (χ3n) is 3.43. The number of nitrogens with one attached hydrogen (secondary N) is 2. The number of carbonyl (C=O) groups excluding carboxylic acids is 2. The number of anilines is 2. The molecule has 2 aromatic carbocycles. The smallest absolute Gasteiger partial charge is 0.412 e. The lowest BCUT2D eigenvalue weighted by Gasteiger charge is -2.19. The molecule has 27 heavy (non-hydrogen) atoms. The van der Waals surface area contributed by atoms with Gasteiger partial charge in [0.25, 0.3) is 11.6 Å². The molecule has 0 aliphatic rings. The lowest BCUT2D eigenvalue weighted by atomic mass is 10.1. The minimum atomic E-state index is -0.640. The Bertz CT molecular complexity index is 887. The first-order valence-electron chi connectivity index (χ1n) is 8.21. The predicted molar refractivity (Wildman–Crippen MR) is 102 cm³/mol. The van der Waals surface area contributed by atoms with E-state index >= 15 is 0 Å². The standard InChI is InChI=1S/C19H21N3O5/c1-12-8-9-15(11-16(12)22(25)26)20-17(23)13-6-5-7-14(10-13)21-18(24)27-19(2,3)4/h5-11H,1-4H3,(H,20,23)(H,21,24). The van der Waals surface area contributed by atoms with Gasteiger partial charge in [-0.15, -0.1) is 0 Å². The van der Waals surface area contributed by atoms with Crippen LogP contribution in [0.3, 0.4) is 0 Å². The highest BCUT2D eigenvalue weighted by molar-refractivity contribution is 6.05. The maximum absolute atomic E-state index is 12.4. The van der Waals surface area contributed by atoms with E-state index in [1.54, 1.807) is 58.0 Å². The van der Waals surface area contributed by atoms with E-state index < -0.39 is 22.5 Å². The summed E-state index contributed by atoms with van der Waals surface area (Å²) in [5.41, 5.74) is 0.773. The van der Waals surface area contributed by atoms with Crippen LogP contribution in [0.1, 0.15) is 36.7 Å². The molecular weight excluding hydrogens is 350 g/mol. The van der Waals surface area contributed by atoms with Crippen LogP contribution in [0, 0.1) is 17.0 Å². The van der Waals surface area contributed by atoms with Gasteiger partial charge in [0.2, 0.25) is 0 Å². The number of nitrogens with zero attached hydrogens (tertiary/aromatic N) is 1. The van der Waals surface area contributed by atoms with Crippen molar-refractivity contribution in [2.24, 2.45) is 0 Å². The summed E-state index contributed by atoms with van der Waals surface area (Å²) in [5.74, 6) is -0.457. The first-order valence-corrected chi connectivity index (χ1v) is 8.21. The quantitative estimate of drug-likeness (QED) is 0.607. The molecule has 8 heteroatoms. The number of carbonyl (C=O) groups is 2. The van der Waals surface area contributed by atoms with Crippen molar-refractivity contribution < 1.29 is 19.2 Å². The number of hydrogen-bond acceptors (Lipinski definition) is 5. The molecule has 0 saturated carbocycles. The molecule has 0 heterocycles. The second kappa shape index (κ2) is 7.86. The molecule has 0 atom stereocenters. The zero-order valence-electron chi connectivity index (χ0n) is 15.5. The summed E-state index contributed by atoms with van der Waals surface area (Å²) in [6, 6.07) is 10.7. The molecular formula is C19H21N3O5. The average molecular weight is 371 g/mol. The van der Waals surface area contributed by atoms with Gasteiger partial charge in [0.05, 0.1) is 4.92 Å². The number of nitro benzene ring substituents is 1. The average Bonchev–Trinajstić information content (AvgIpc) is 2.54. The minimum absolute atomic E-state index is 0.0758. The van der Waals surface area contributed by atoms with E-state index in [-0.39, 0.29) is 11.3 Å². The fraction of sp³-hybridized carbons (Fsp3) is 0.263. The molecule has 2 aromatic rings. The molecule has 0 aliphatic heterocycles. The van der Waals surface area contributed by atoms with Crippen LogP contribution in [0.5, 0.6) is 0 Å². The Morgan fingerprint density at radius 2 is 1.70 bits per heavy atom. The Labute approximate surface area is 156 Å². The first-order chi connectivity index (χ1) is 12.5. The van der Waals surface area contributed by atoms with Crippen molar-refractivity contribution >= 4 is 29.1 Å². The van der Waals surface area contributed by atoms with E-state index in [1.165, 1.54) is 12.1 Å². The van der Waals surface area contributed by atoms with Gasteiger partial charge >= 0.3 is 6.09 Å². The van der Waals surface area contributed by atoms with Gasteiger partial charge in [-0.25, -0.2) is 4.79 Å². The van der Waals surface area contributed by atoms with Gasteiger partial charge in [-0.05, 0) is 52.0 Å². The highest BCUT2D eigenvalue weighted by Crippen LogP contribution is 2.23. The predicted octanol–water partition coefficient (Wildman–Crippen LogP) is 4.50. The molecule has 0 bridgehead atoms. The van der Waals surface area contributed by atoms with Crippen LogP contribution in [0.15, 0.2) is 42.5 Å². The fourth-order valence-corrected chi connectivity index (χ4v) is 2.25. The maximum atomic E-state index is 12.4. The molecule has 2 N–H and O–H groups in total. The molecule has 142 valence electrons. The van der Waals surface area contributed by atoms with Crippen LogP contribution in [-0.2, 0) is 4.74 Å². The summed E-state index contributed by atoms with van der Waals surface area (Å²) in [5, 5.41) is 16.2. The molecule has 0 radical (unpaired) electrons. The second-order valence-corrected chi connectivity index (χ2v) is 6.92. The molecule has 2 amide bonds. The van der Waals surface area contributed by atoms with Crippen LogP contribution < -0.4 is 10.6 Å². The van der Waals surface area contributed by atoms with Crippen molar-refractivity contribution in [2.45, 2.75) is 33.3 Å². The van der Waals surface area contributed by atoms with E-state index in [4.69, 9.17) is 4.74 Å². The van der Waals surface area contributed by atoms with Crippen LogP contribution in [0.4, 0.5) is 21.9 Å². The zero-order valence-corrected chi connectivity index (χ0v) is 15.5. The highest BCUT2D eigenvalue weighted by Gasteiger charge is 2.17. The lowest BCUT2D eigenvalue weighted by Crippen LogP contribution is -2.27. The molecule has 0 spiro atoms. The van der Waals surface area contributed by atoms with Gasteiger partial charge in [0.15, 0.2) is 0 Å². The lowest BCUT2D eigenvalue weighted by molar-refractivity contribution is -0.385. The number of rotatable bonds is 4. The largest absolute Gasteiger partial charge is 0.444 e. The minimum Gasteiger partial charge on any atom is -0.444 e. The number of ether oxygens (including phenoxy) is 1. The van der Waals surface area contributed by atoms with E-state index in [2.05, 4.69) is 10.6 Å². The summed E-state index contributed by atoms with van der Waals surface area (Å²) < 4.78 is 5.17. The number of nitro groups is 1. The van der Waals surface area contributed by atoms with Crippen molar-refractivity contribution in [1.82, 2.24) is 0 Å². The molecule has 0 unspecified atom stereocenters. The molecule has 0 aromatic heterocycles. The van der Waals surface area contributed by atoms with Crippen LogP contribution in [0.2, 0.25) is 0 Å². The van der Waals surface area contributed by atoms with Gasteiger partial charge in [-0.1, -0.05) is 12.1 Å². The van der Waals surface area contributed by atoms with Crippen LogP contribution >= 0.6 is 0 Å². The SMILES string of the molecule is Cc1ccc(NC(=O)c2cccc(NC(=O)OC(C)(C)C)c2)cc1[N+](=O)[O-]. The Kier molecular flexibility index (Phi) is 5.79. The monoisotopic (exact) mass is 371 g/mol. The highest BCUT2D eigenvalue weighted by atomic mass is 16.6. The second-order valence-electron chi connectivity index (χ2n) is 6.92. The number of aryl methyl sites for hydroxylation is 1. The van der Waals surface area contributed by atoms with Gasteiger partial charge in [0.1, 0.15) is 5.60 Å². The first kappa shape index (κ1) is 19.9. The fourth-order valence-electron chi connectivity index (χ4n) is 2.25. The summed E-state index contributed by atoms with van der Waals surface area (Å²) >= 11 is 0. The van der Waals surface area contributed by atoms with Crippen molar-refractivity contribution in [3.8, 4) is 0 Å².